The van der Waals surface area contributed by atoms with Gasteiger partial charge in [-0.05, 0) is 24.5 Å². The molecule has 3 aliphatic rings. The van der Waals surface area contributed by atoms with Crippen LogP contribution in [0.2, 0.25) is 0 Å². The van der Waals surface area contributed by atoms with Crippen molar-refractivity contribution in [3.63, 3.8) is 0 Å². The fourth-order valence-electron chi connectivity index (χ4n) is 3.66. The van der Waals surface area contributed by atoms with Crippen LogP contribution in [0.25, 0.3) is 0 Å². The Balaban J connectivity index is 2.05. The van der Waals surface area contributed by atoms with E-state index < -0.39 is 11.4 Å². The molecular weight excluding hydrogens is 242 g/mol. The lowest BCUT2D eigenvalue weighted by Crippen LogP contribution is -2.47. The summed E-state index contributed by atoms with van der Waals surface area (Å²) in [6, 6.07) is 7.85. The topological polar surface area (TPSA) is 68.0 Å². The molecule has 3 atom stereocenters. The second-order valence-corrected chi connectivity index (χ2v) is 5.61. The predicted octanol–water partition coefficient (Wildman–Crippen LogP) is 1.81. The Kier molecular flexibility index (Phi) is 1.82. The number of carboxylic acid groups (broad SMARTS) is 1. The molecule has 2 aliphatic heterocycles. The van der Waals surface area contributed by atoms with E-state index in [0.29, 0.717) is 6.42 Å². The SMILES string of the molecule is CC1(C(=O)O)CC2c3ccccc3C1n1cnnc12. The van der Waals surface area contributed by atoms with Crippen molar-refractivity contribution in [2.75, 3.05) is 0 Å². The average Bonchev–Trinajstić information content (AvgIpc) is 2.88. The smallest absolute Gasteiger partial charge is 0.311 e. The van der Waals surface area contributed by atoms with E-state index in [2.05, 4.69) is 16.3 Å². The Bertz CT molecular complexity index is 694. The number of nitrogens with zero attached hydrogens (tertiary/aromatic N) is 3. The molecule has 1 aromatic heterocycles. The Hall–Kier alpha value is -2.17. The molecule has 0 fully saturated rings. The van der Waals surface area contributed by atoms with Gasteiger partial charge in [0.15, 0.2) is 0 Å². The van der Waals surface area contributed by atoms with Gasteiger partial charge >= 0.3 is 5.97 Å². The molecule has 1 aromatic carbocycles. The number of hydrogen-bond donors (Lipinski definition) is 1. The lowest BCUT2D eigenvalue weighted by Gasteiger charge is -2.48. The summed E-state index contributed by atoms with van der Waals surface area (Å²) in [5, 5.41) is 17.8. The highest BCUT2D eigenvalue weighted by Crippen LogP contribution is 2.57. The van der Waals surface area contributed by atoms with Crippen molar-refractivity contribution in [3.8, 4) is 0 Å². The number of carboxylic acids is 1. The fourth-order valence-corrected chi connectivity index (χ4v) is 3.66. The molecule has 1 N–H and O–H groups in total. The minimum absolute atomic E-state index is 0.0322. The van der Waals surface area contributed by atoms with Crippen LogP contribution in [0.3, 0.4) is 0 Å². The van der Waals surface area contributed by atoms with E-state index in [4.69, 9.17) is 0 Å². The van der Waals surface area contributed by atoms with Gasteiger partial charge in [0.1, 0.15) is 12.2 Å². The van der Waals surface area contributed by atoms with E-state index in [0.717, 1.165) is 11.4 Å². The number of aromatic nitrogens is 3. The van der Waals surface area contributed by atoms with Crippen molar-refractivity contribution in [2.45, 2.75) is 25.3 Å². The lowest BCUT2D eigenvalue weighted by atomic mass is 9.62. The first-order chi connectivity index (χ1) is 9.13. The van der Waals surface area contributed by atoms with E-state index in [1.807, 2.05) is 29.7 Å². The molecule has 0 radical (unpaired) electrons. The molecule has 0 saturated carbocycles. The Morgan fingerprint density at radius 1 is 1.42 bits per heavy atom. The van der Waals surface area contributed by atoms with Crippen molar-refractivity contribution < 1.29 is 9.90 Å². The summed E-state index contributed by atoms with van der Waals surface area (Å²) in [4.78, 5) is 11.8. The first-order valence-corrected chi connectivity index (χ1v) is 6.34. The molecular formula is C14H13N3O2. The zero-order chi connectivity index (χ0) is 13.2. The Morgan fingerprint density at radius 2 is 2.16 bits per heavy atom. The van der Waals surface area contributed by atoms with Crippen LogP contribution < -0.4 is 0 Å². The number of benzene rings is 1. The van der Waals surface area contributed by atoms with E-state index >= 15 is 0 Å². The third-order valence-corrected chi connectivity index (χ3v) is 4.58. The lowest BCUT2D eigenvalue weighted by molar-refractivity contribution is -0.152. The fraction of sp³-hybridized carbons (Fsp3) is 0.357. The van der Waals surface area contributed by atoms with Gasteiger partial charge in [-0.15, -0.1) is 10.2 Å². The normalized spacial score (nSPS) is 30.8. The van der Waals surface area contributed by atoms with Crippen LogP contribution >= 0.6 is 0 Å². The maximum Gasteiger partial charge on any atom is 0.311 e. The summed E-state index contributed by atoms with van der Waals surface area (Å²) < 4.78 is 1.94. The van der Waals surface area contributed by atoms with Crippen molar-refractivity contribution in [1.29, 1.82) is 0 Å². The summed E-state index contributed by atoms with van der Waals surface area (Å²) in [5.74, 6) is 0.170. The molecule has 2 bridgehead atoms. The monoisotopic (exact) mass is 255 g/mol. The second-order valence-electron chi connectivity index (χ2n) is 5.61. The molecule has 3 unspecified atom stereocenters. The van der Waals surface area contributed by atoms with Gasteiger partial charge in [-0.25, -0.2) is 0 Å². The predicted molar refractivity (Wildman–Crippen MR) is 66.8 cm³/mol. The maximum atomic E-state index is 11.8. The van der Waals surface area contributed by atoms with Gasteiger partial charge in [-0.1, -0.05) is 24.3 Å². The van der Waals surface area contributed by atoms with E-state index in [-0.39, 0.29) is 12.0 Å². The second kappa shape index (κ2) is 3.23. The summed E-state index contributed by atoms with van der Waals surface area (Å²) in [6.07, 6.45) is 2.24. The molecule has 0 spiro atoms. The quantitative estimate of drug-likeness (QED) is 0.843. The first-order valence-electron chi connectivity index (χ1n) is 6.34. The third-order valence-electron chi connectivity index (χ3n) is 4.58. The highest BCUT2D eigenvalue weighted by Gasteiger charge is 2.55. The van der Waals surface area contributed by atoms with Crippen LogP contribution in [0.4, 0.5) is 0 Å². The molecule has 2 aromatic rings. The van der Waals surface area contributed by atoms with Gasteiger partial charge in [0.25, 0.3) is 0 Å². The standard InChI is InChI=1S/C14H13N3O2/c1-14(13(18)19)6-10-8-4-2-3-5-9(8)11(14)17-7-15-16-12(10)17/h2-5,7,10-11H,6H2,1H3,(H,18,19). The molecule has 19 heavy (non-hydrogen) atoms. The number of rotatable bonds is 1. The van der Waals surface area contributed by atoms with E-state index in [9.17, 15) is 9.90 Å². The summed E-state index contributed by atoms with van der Waals surface area (Å²) in [7, 11) is 0. The van der Waals surface area contributed by atoms with Crippen LogP contribution in [-0.2, 0) is 4.79 Å². The minimum atomic E-state index is -0.797. The van der Waals surface area contributed by atoms with Gasteiger partial charge < -0.3 is 9.67 Å². The van der Waals surface area contributed by atoms with E-state index in [1.165, 1.54) is 5.56 Å². The summed E-state index contributed by atoms with van der Waals surface area (Å²) >= 11 is 0. The summed E-state index contributed by atoms with van der Waals surface area (Å²) in [5.41, 5.74) is 1.50. The van der Waals surface area contributed by atoms with Gasteiger partial charge in [0.2, 0.25) is 0 Å². The molecule has 5 heteroatoms. The largest absolute Gasteiger partial charge is 0.481 e. The molecule has 1 aliphatic carbocycles. The molecule has 0 saturated heterocycles. The van der Waals surface area contributed by atoms with Gasteiger partial charge in [0, 0.05) is 5.92 Å². The molecule has 5 nitrogen and oxygen atoms in total. The van der Waals surface area contributed by atoms with Gasteiger partial charge in [0.05, 0.1) is 11.5 Å². The Morgan fingerprint density at radius 3 is 2.89 bits per heavy atom. The third kappa shape index (κ3) is 1.13. The van der Waals surface area contributed by atoms with Crippen molar-refractivity contribution in [3.05, 3.63) is 47.5 Å². The number of hydrogen-bond acceptors (Lipinski definition) is 3. The van der Waals surface area contributed by atoms with Crippen molar-refractivity contribution >= 4 is 5.97 Å². The van der Waals surface area contributed by atoms with Crippen LogP contribution in [0.5, 0.6) is 0 Å². The minimum Gasteiger partial charge on any atom is -0.481 e. The van der Waals surface area contributed by atoms with Gasteiger partial charge in [-0.2, -0.15) is 0 Å². The van der Waals surface area contributed by atoms with Crippen molar-refractivity contribution in [1.82, 2.24) is 14.8 Å². The number of aliphatic carboxylic acids is 1. The average molecular weight is 255 g/mol. The highest BCUT2D eigenvalue weighted by atomic mass is 16.4. The van der Waals surface area contributed by atoms with Crippen LogP contribution in [0.1, 0.15) is 42.3 Å². The van der Waals surface area contributed by atoms with Crippen LogP contribution in [0, 0.1) is 5.41 Å². The summed E-state index contributed by atoms with van der Waals surface area (Å²) in [6.45, 7) is 1.83. The zero-order valence-electron chi connectivity index (χ0n) is 10.4. The van der Waals surface area contributed by atoms with Gasteiger partial charge in [-0.3, -0.25) is 4.79 Å². The van der Waals surface area contributed by atoms with Crippen LogP contribution in [0.15, 0.2) is 30.6 Å². The first kappa shape index (κ1) is 10.7. The van der Waals surface area contributed by atoms with Crippen molar-refractivity contribution in [2.24, 2.45) is 5.41 Å². The molecule has 0 amide bonds. The number of carbonyl (C=O) groups is 1. The molecule has 3 heterocycles. The number of fused-ring (bicyclic) bond motifs is 1. The molecule has 96 valence electrons. The zero-order valence-corrected chi connectivity index (χ0v) is 10.4. The van der Waals surface area contributed by atoms with Crippen LogP contribution in [-0.4, -0.2) is 25.8 Å². The maximum absolute atomic E-state index is 11.8. The molecule has 5 rings (SSSR count). The highest BCUT2D eigenvalue weighted by molar-refractivity contribution is 5.77. The van der Waals surface area contributed by atoms with E-state index in [1.54, 1.807) is 6.33 Å². The Labute approximate surface area is 109 Å².